The van der Waals surface area contributed by atoms with Crippen molar-refractivity contribution in [2.45, 2.75) is 39.3 Å². The van der Waals surface area contributed by atoms with Crippen molar-refractivity contribution in [1.82, 2.24) is 9.55 Å². The Morgan fingerprint density at radius 2 is 1.81 bits per heavy atom. The first-order valence-corrected chi connectivity index (χ1v) is 8.95. The van der Waals surface area contributed by atoms with Crippen LogP contribution in [0.25, 0.3) is 0 Å². The standard InChI is InChI=1S/C22H24N2O3/c1-16-6-4-8-19(14-16)22(26,10-12-24-13-11-23-18(24)3)21(25)27-20-9-5-7-17(2)15-20/h4-9,11,13-15,26H,10,12H2,1-3H3. The molecule has 2 aromatic carbocycles. The van der Waals surface area contributed by atoms with E-state index < -0.39 is 11.6 Å². The number of benzene rings is 2. The third-order valence-electron chi connectivity index (χ3n) is 4.67. The fourth-order valence-corrected chi connectivity index (χ4v) is 3.06. The number of esters is 1. The van der Waals surface area contributed by atoms with Gasteiger partial charge in [0.15, 0.2) is 5.60 Å². The lowest BCUT2D eigenvalue weighted by Gasteiger charge is -2.27. The molecule has 3 rings (SSSR count). The summed E-state index contributed by atoms with van der Waals surface area (Å²) in [5, 5.41) is 11.4. The summed E-state index contributed by atoms with van der Waals surface area (Å²) in [4.78, 5) is 17.2. The van der Waals surface area contributed by atoms with Gasteiger partial charge in [0, 0.05) is 25.4 Å². The molecule has 27 heavy (non-hydrogen) atoms. The lowest BCUT2D eigenvalue weighted by atomic mass is 9.89. The number of aliphatic hydroxyl groups is 1. The van der Waals surface area contributed by atoms with Gasteiger partial charge >= 0.3 is 5.97 Å². The topological polar surface area (TPSA) is 64.3 Å². The van der Waals surface area contributed by atoms with Crippen LogP contribution in [0.5, 0.6) is 5.75 Å². The molecule has 5 heteroatoms. The first-order valence-electron chi connectivity index (χ1n) is 8.95. The molecule has 1 N–H and O–H groups in total. The molecule has 3 aromatic rings. The monoisotopic (exact) mass is 364 g/mol. The normalized spacial score (nSPS) is 13.2. The van der Waals surface area contributed by atoms with E-state index in [1.807, 2.05) is 61.9 Å². The third kappa shape index (κ3) is 4.26. The van der Waals surface area contributed by atoms with Crippen LogP contribution in [-0.2, 0) is 16.9 Å². The van der Waals surface area contributed by atoms with Gasteiger partial charge < -0.3 is 14.4 Å². The minimum atomic E-state index is -1.76. The fourth-order valence-electron chi connectivity index (χ4n) is 3.06. The minimum absolute atomic E-state index is 0.179. The number of ether oxygens (including phenoxy) is 1. The summed E-state index contributed by atoms with van der Waals surface area (Å²) >= 11 is 0. The van der Waals surface area contributed by atoms with E-state index in [2.05, 4.69) is 4.98 Å². The molecule has 0 saturated heterocycles. The molecule has 1 heterocycles. The van der Waals surface area contributed by atoms with Crippen LogP contribution in [-0.4, -0.2) is 20.6 Å². The molecule has 0 bridgehead atoms. The lowest BCUT2D eigenvalue weighted by Crippen LogP contribution is -2.40. The Morgan fingerprint density at radius 1 is 1.11 bits per heavy atom. The van der Waals surface area contributed by atoms with Gasteiger partial charge in [0.25, 0.3) is 0 Å². The zero-order valence-electron chi connectivity index (χ0n) is 15.8. The summed E-state index contributed by atoms with van der Waals surface area (Å²) in [7, 11) is 0. The summed E-state index contributed by atoms with van der Waals surface area (Å²) in [6.07, 6.45) is 3.71. The summed E-state index contributed by atoms with van der Waals surface area (Å²) in [5.74, 6) is 0.565. The van der Waals surface area contributed by atoms with Crippen LogP contribution in [0.2, 0.25) is 0 Å². The van der Waals surface area contributed by atoms with Gasteiger partial charge in [-0.25, -0.2) is 9.78 Å². The average molecular weight is 364 g/mol. The van der Waals surface area contributed by atoms with E-state index in [0.717, 1.165) is 17.0 Å². The highest BCUT2D eigenvalue weighted by Crippen LogP contribution is 2.29. The minimum Gasteiger partial charge on any atom is -0.424 e. The third-order valence-corrected chi connectivity index (χ3v) is 4.67. The largest absolute Gasteiger partial charge is 0.424 e. The second-order valence-corrected chi connectivity index (χ2v) is 6.85. The van der Waals surface area contributed by atoms with Crippen molar-refractivity contribution in [2.24, 2.45) is 0 Å². The maximum Gasteiger partial charge on any atom is 0.348 e. The van der Waals surface area contributed by atoms with Crippen LogP contribution in [0.3, 0.4) is 0 Å². The Morgan fingerprint density at radius 3 is 2.44 bits per heavy atom. The summed E-state index contributed by atoms with van der Waals surface area (Å²) < 4.78 is 7.44. The molecule has 0 spiro atoms. The Kier molecular flexibility index (Phi) is 5.42. The quantitative estimate of drug-likeness (QED) is 0.535. The number of aryl methyl sites for hydroxylation is 4. The van der Waals surface area contributed by atoms with Crippen LogP contribution in [0.1, 0.15) is 28.9 Å². The van der Waals surface area contributed by atoms with Crippen molar-refractivity contribution in [3.8, 4) is 5.75 Å². The van der Waals surface area contributed by atoms with Crippen molar-refractivity contribution in [1.29, 1.82) is 0 Å². The highest BCUT2D eigenvalue weighted by molar-refractivity contribution is 5.83. The maximum atomic E-state index is 13.0. The van der Waals surface area contributed by atoms with E-state index in [1.54, 1.807) is 24.4 Å². The number of carbonyl (C=O) groups is 1. The van der Waals surface area contributed by atoms with Crippen LogP contribution in [0.4, 0.5) is 0 Å². The number of hydrogen-bond acceptors (Lipinski definition) is 4. The number of hydrogen-bond donors (Lipinski definition) is 1. The van der Waals surface area contributed by atoms with E-state index >= 15 is 0 Å². The van der Waals surface area contributed by atoms with Gasteiger partial charge in [-0.15, -0.1) is 0 Å². The first kappa shape index (κ1) is 18.9. The Labute approximate surface area is 159 Å². The zero-order chi connectivity index (χ0) is 19.4. The van der Waals surface area contributed by atoms with Gasteiger partial charge in [-0.1, -0.05) is 42.0 Å². The van der Waals surface area contributed by atoms with E-state index in [-0.39, 0.29) is 6.42 Å². The van der Waals surface area contributed by atoms with E-state index in [1.165, 1.54) is 0 Å². The first-order chi connectivity index (χ1) is 12.9. The molecule has 0 amide bonds. The van der Waals surface area contributed by atoms with Gasteiger partial charge in [0.1, 0.15) is 11.6 Å². The average Bonchev–Trinajstić information content (AvgIpc) is 3.04. The number of imidazole rings is 1. The molecule has 0 aliphatic rings. The van der Waals surface area contributed by atoms with Crippen molar-refractivity contribution in [3.63, 3.8) is 0 Å². The Balaban J connectivity index is 1.90. The Bertz CT molecular complexity index is 948. The van der Waals surface area contributed by atoms with E-state index in [0.29, 0.717) is 17.9 Å². The summed E-state index contributed by atoms with van der Waals surface area (Å²) in [6, 6.07) is 14.6. The molecule has 1 aromatic heterocycles. The second kappa shape index (κ2) is 7.76. The van der Waals surface area contributed by atoms with Crippen LogP contribution < -0.4 is 4.74 Å². The van der Waals surface area contributed by atoms with E-state index in [4.69, 9.17) is 4.74 Å². The molecule has 140 valence electrons. The van der Waals surface area contributed by atoms with Gasteiger partial charge in [-0.05, 0) is 44.0 Å². The van der Waals surface area contributed by atoms with Crippen molar-refractivity contribution < 1.29 is 14.6 Å². The number of rotatable bonds is 6. The molecule has 1 atom stereocenters. The molecule has 0 aliphatic carbocycles. The maximum absolute atomic E-state index is 13.0. The van der Waals surface area contributed by atoms with Crippen molar-refractivity contribution in [2.75, 3.05) is 0 Å². The Hall–Kier alpha value is -2.92. The van der Waals surface area contributed by atoms with Gasteiger partial charge in [-0.3, -0.25) is 0 Å². The molecule has 0 aliphatic heterocycles. The second-order valence-electron chi connectivity index (χ2n) is 6.85. The molecule has 0 fully saturated rings. The molecule has 1 unspecified atom stereocenters. The SMILES string of the molecule is Cc1cccc(OC(=O)C(O)(CCn2ccnc2C)c2cccc(C)c2)c1. The van der Waals surface area contributed by atoms with Crippen LogP contribution in [0.15, 0.2) is 60.9 Å². The molecular weight excluding hydrogens is 340 g/mol. The fraction of sp³-hybridized carbons (Fsp3) is 0.273. The smallest absolute Gasteiger partial charge is 0.348 e. The van der Waals surface area contributed by atoms with Crippen LogP contribution in [0, 0.1) is 20.8 Å². The zero-order valence-corrected chi connectivity index (χ0v) is 15.8. The van der Waals surface area contributed by atoms with Crippen LogP contribution >= 0.6 is 0 Å². The number of carbonyl (C=O) groups excluding carboxylic acids is 1. The van der Waals surface area contributed by atoms with E-state index in [9.17, 15) is 9.90 Å². The van der Waals surface area contributed by atoms with Crippen molar-refractivity contribution in [3.05, 3.63) is 83.4 Å². The van der Waals surface area contributed by atoms with Gasteiger partial charge in [0.2, 0.25) is 0 Å². The highest BCUT2D eigenvalue weighted by Gasteiger charge is 2.40. The molecule has 0 saturated carbocycles. The number of nitrogens with zero attached hydrogens (tertiary/aromatic N) is 2. The predicted octanol–water partition coefficient (Wildman–Crippen LogP) is 3.69. The van der Waals surface area contributed by atoms with Crippen molar-refractivity contribution >= 4 is 5.97 Å². The number of aromatic nitrogens is 2. The summed E-state index contributed by atoms with van der Waals surface area (Å²) in [6.45, 7) is 6.18. The lowest BCUT2D eigenvalue weighted by molar-refractivity contribution is -0.157. The van der Waals surface area contributed by atoms with Gasteiger partial charge in [-0.2, -0.15) is 0 Å². The highest BCUT2D eigenvalue weighted by atomic mass is 16.6. The molecular formula is C22H24N2O3. The van der Waals surface area contributed by atoms with Gasteiger partial charge in [0.05, 0.1) is 0 Å². The molecule has 0 radical (unpaired) electrons. The predicted molar refractivity (Wildman–Crippen MR) is 103 cm³/mol. The molecule has 5 nitrogen and oxygen atoms in total. The summed E-state index contributed by atoms with van der Waals surface area (Å²) in [5.41, 5.74) is 0.714.